The average Bonchev–Trinajstić information content (AvgIpc) is 2.92. The van der Waals surface area contributed by atoms with Gasteiger partial charge in [-0.3, -0.25) is 4.79 Å². The Kier molecular flexibility index (Phi) is 6.23. The van der Waals surface area contributed by atoms with Crippen LogP contribution in [0.5, 0.6) is 5.75 Å². The van der Waals surface area contributed by atoms with Crippen molar-refractivity contribution in [3.05, 3.63) is 89.7 Å². The Hall–Kier alpha value is -4.13. The van der Waals surface area contributed by atoms with Crippen LogP contribution in [0.15, 0.2) is 78.6 Å². The van der Waals surface area contributed by atoms with Crippen LogP contribution in [0.1, 0.15) is 15.9 Å². The van der Waals surface area contributed by atoms with E-state index in [1.54, 1.807) is 36.9 Å². The maximum atomic E-state index is 13.1. The summed E-state index contributed by atoms with van der Waals surface area (Å²) in [6, 6.07) is 15.3. The molecule has 1 aliphatic carbocycles. The number of benzene rings is 2. The number of hydrogen-bond donors (Lipinski definition) is 0. The summed E-state index contributed by atoms with van der Waals surface area (Å²) in [5.74, 6) is 0.936. The van der Waals surface area contributed by atoms with Crippen molar-refractivity contribution in [2.45, 2.75) is 6.10 Å². The van der Waals surface area contributed by atoms with E-state index in [1.165, 1.54) is 0 Å². The van der Waals surface area contributed by atoms with Crippen LogP contribution >= 0.6 is 0 Å². The van der Waals surface area contributed by atoms with Crippen LogP contribution < -0.4 is 9.64 Å². The van der Waals surface area contributed by atoms with Crippen LogP contribution in [0.25, 0.3) is 6.08 Å². The molecule has 2 aromatic rings. The minimum absolute atomic E-state index is 0.0117. The van der Waals surface area contributed by atoms with E-state index in [1.807, 2.05) is 59.5 Å². The molecular weight excluding hydrogens is 442 g/mol. The Balaban J connectivity index is 1.24. The first-order chi connectivity index (χ1) is 17.0. The molecule has 0 bridgehead atoms. The minimum Gasteiger partial charge on any atom is -0.497 e. The minimum atomic E-state index is -0.273. The molecule has 1 atom stereocenters. The van der Waals surface area contributed by atoms with Crippen LogP contribution in [-0.2, 0) is 9.53 Å². The number of anilines is 1. The number of piperazine rings is 1. The highest BCUT2D eigenvalue weighted by atomic mass is 16.5. The normalized spacial score (nSPS) is 20.7. The number of nitrogens with zero attached hydrogens (tertiary/aromatic N) is 3. The summed E-state index contributed by atoms with van der Waals surface area (Å²) >= 11 is 0. The number of carbonyl (C=O) groups is 2. The van der Waals surface area contributed by atoms with E-state index in [2.05, 4.69) is 11.0 Å². The highest BCUT2D eigenvalue weighted by Crippen LogP contribution is 2.23. The van der Waals surface area contributed by atoms with Crippen molar-refractivity contribution in [1.82, 2.24) is 4.90 Å². The van der Waals surface area contributed by atoms with Crippen LogP contribution in [0, 0.1) is 0 Å². The molecule has 0 saturated carbocycles. The van der Waals surface area contributed by atoms with E-state index in [9.17, 15) is 9.59 Å². The van der Waals surface area contributed by atoms with Gasteiger partial charge in [0, 0.05) is 49.6 Å². The number of allylic oxidation sites excluding steroid dienone is 2. The van der Waals surface area contributed by atoms with Gasteiger partial charge in [-0.2, -0.15) is 4.58 Å². The van der Waals surface area contributed by atoms with Crippen molar-refractivity contribution in [2.24, 2.45) is 0 Å². The molecule has 35 heavy (non-hydrogen) atoms. The van der Waals surface area contributed by atoms with Gasteiger partial charge in [0.15, 0.2) is 0 Å². The zero-order chi connectivity index (χ0) is 24.4. The molecule has 1 fully saturated rings. The molecule has 2 heterocycles. The second-order valence-corrected chi connectivity index (χ2v) is 8.68. The zero-order valence-electron chi connectivity index (χ0n) is 19.9. The fourth-order valence-electron chi connectivity index (χ4n) is 4.51. The quantitative estimate of drug-likeness (QED) is 0.508. The summed E-state index contributed by atoms with van der Waals surface area (Å²) in [5.41, 5.74) is 3.36. The first-order valence-corrected chi connectivity index (χ1v) is 11.7. The van der Waals surface area contributed by atoms with Gasteiger partial charge in [-0.15, -0.1) is 0 Å². The summed E-state index contributed by atoms with van der Waals surface area (Å²) in [6.07, 6.45) is 9.06. The highest BCUT2D eigenvalue weighted by Gasteiger charge is 2.37. The summed E-state index contributed by atoms with van der Waals surface area (Å²) in [6.45, 7) is 2.83. The third-order valence-electron chi connectivity index (χ3n) is 6.55. The van der Waals surface area contributed by atoms with Gasteiger partial charge < -0.3 is 19.3 Å². The molecular formula is C28H28N3O4+. The van der Waals surface area contributed by atoms with Gasteiger partial charge in [-0.05, 0) is 42.0 Å². The number of rotatable bonds is 4. The van der Waals surface area contributed by atoms with Gasteiger partial charge in [0.25, 0.3) is 5.91 Å². The molecule has 0 N–H and O–H groups in total. The Labute approximate surface area is 204 Å². The number of fused-ring (bicyclic) bond motifs is 1. The lowest BCUT2D eigenvalue weighted by Crippen LogP contribution is -2.48. The third-order valence-corrected chi connectivity index (χ3v) is 6.55. The zero-order valence-corrected chi connectivity index (χ0v) is 19.9. The van der Waals surface area contributed by atoms with Gasteiger partial charge in [-0.25, -0.2) is 4.79 Å². The standard InChI is InChI=1S/C28H28N3O4/c1-29-24-8-3-4-9-25(24)35-26(28(29)33)18-20-10-12-21(13-11-20)27(32)31-16-14-30(15-17-31)22-6-5-7-23(19-22)34-2/h3-13,18-19,25H,14-17H2,1-2H3/q+1/b26-18-. The van der Waals surface area contributed by atoms with Crippen molar-refractivity contribution in [3.8, 4) is 5.75 Å². The molecule has 0 radical (unpaired) electrons. The number of methoxy groups -OCH3 is 1. The van der Waals surface area contributed by atoms with Gasteiger partial charge in [-0.1, -0.05) is 30.4 Å². The number of ether oxygens (including phenoxy) is 2. The molecule has 0 aromatic heterocycles. The maximum absolute atomic E-state index is 13.1. The molecule has 1 saturated heterocycles. The number of amides is 2. The van der Waals surface area contributed by atoms with Crippen LogP contribution in [0.3, 0.4) is 0 Å². The Morgan fingerprint density at radius 2 is 1.86 bits per heavy atom. The predicted molar refractivity (Wildman–Crippen MR) is 135 cm³/mol. The van der Waals surface area contributed by atoms with Crippen LogP contribution in [-0.4, -0.2) is 73.4 Å². The van der Waals surface area contributed by atoms with E-state index in [-0.39, 0.29) is 23.7 Å². The van der Waals surface area contributed by atoms with Crippen molar-refractivity contribution in [3.63, 3.8) is 0 Å². The number of likely N-dealkylation sites (N-methyl/N-ethyl adjacent to an activating group) is 1. The lowest BCUT2D eigenvalue weighted by atomic mass is 10.1. The van der Waals surface area contributed by atoms with E-state index in [0.29, 0.717) is 18.7 Å². The van der Waals surface area contributed by atoms with Crippen LogP contribution in [0.2, 0.25) is 0 Å². The smallest absolute Gasteiger partial charge is 0.454 e. The molecule has 178 valence electrons. The largest absolute Gasteiger partial charge is 0.497 e. The molecule has 2 aliphatic heterocycles. The number of carbonyl (C=O) groups excluding carboxylic acids is 2. The first kappa shape index (κ1) is 22.7. The molecule has 3 aliphatic rings. The van der Waals surface area contributed by atoms with Crippen molar-refractivity contribution in [2.75, 3.05) is 45.2 Å². The fourth-order valence-corrected chi connectivity index (χ4v) is 4.51. The third kappa shape index (κ3) is 4.62. The first-order valence-electron chi connectivity index (χ1n) is 11.7. The van der Waals surface area contributed by atoms with Gasteiger partial charge in [0.1, 0.15) is 12.8 Å². The lowest BCUT2D eigenvalue weighted by Gasteiger charge is -2.36. The lowest BCUT2D eigenvalue weighted by molar-refractivity contribution is -0.424. The van der Waals surface area contributed by atoms with Gasteiger partial charge in [0.05, 0.1) is 7.11 Å². The Morgan fingerprint density at radius 3 is 2.60 bits per heavy atom. The van der Waals surface area contributed by atoms with E-state index < -0.39 is 0 Å². The van der Waals surface area contributed by atoms with E-state index in [4.69, 9.17) is 9.47 Å². The molecule has 7 heteroatoms. The van der Waals surface area contributed by atoms with Gasteiger partial charge in [0.2, 0.25) is 17.6 Å². The van der Waals surface area contributed by atoms with Crippen molar-refractivity contribution >= 4 is 29.3 Å². The molecule has 2 amide bonds. The van der Waals surface area contributed by atoms with Crippen LogP contribution in [0.4, 0.5) is 5.69 Å². The molecule has 2 aromatic carbocycles. The summed E-state index contributed by atoms with van der Waals surface area (Å²) in [7, 11) is 3.41. The molecule has 1 unspecified atom stereocenters. The van der Waals surface area contributed by atoms with Crippen molar-refractivity contribution in [1.29, 1.82) is 0 Å². The predicted octanol–water partition coefficient (Wildman–Crippen LogP) is 3.13. The van der Waals surface area contributed by atoms with Crippen molar-refractivity contribution < 1.29 is 23.6 Å². The average molecular weight is 471 g/mol. The maximum Gasteiger partial charge on any atom is 0.454 e. The SMILES string of the molecule is COc1cccc(N2CCN(C(=O)c3ccc(/C=C4\OC5C=CC=CC5=[N+](C)C4=O)cc3)CC2)c1. The van der Waals surface area contributed by atoms with E-state index in [0.717, 1.165) is 35.8 Å². The van der Waals surface area contributed by atoms with Gasteiger partial charge >= 0.3 is 5.91 Å². The summed E-state index contributed by atoms with van der Waals surface area (Å²) in [5, 5.41) is 0. The topological polar surface area (TPSA) is 62.1 Å². The monoisotopic (exact) mass is 470 g/mol. The number of hydrogen-bond acceptors (Lipinski definition) is 5. The van der Waals surface area contributed by atoms with E-state index >= 15 is 0 Å². The summed E-state index contributed by atoms with van der Waals surface area (Å²) < 4.78 is 12.9. The highest BCUT2D eigenvalue weighted by molar-refractivity contribution is 6.05. The Morgan fingerprint density at radius 1 is 1.09 bits per heavy atom. The second kappa shape index (κ2) is 9.62. The summed E-state index contributed by atoms with van der Waals surface area (Å²) in [4.78, 5) is 29.9. The molecule has 5 rings (SSSR count). The second-order valence-electron chi connectivity index (χ2n) is 8.68. The molecule has 7 nitrogen and oxygen atoms in total. The Bertz CT molecular complexity index is 1270. The molecule has 0 spiro atoms. The fraction of sp³-hybridized carbons (Fsp3) is 0.250.